The van der Waals surface area contributed by atoms with E-state index in [0.717, 1.165) is 6.42 Å². The number of anilines is 1. The minimum absolute atomic E-state index is 0.130. The zero-order valence-corrected chi connectivity index (χ0v) is 22.2. The molecule has 0 radical (unpaired) electrons. The number of ether oxygens (including phenoxy) is 1. The number of benzene rings is 1. The third-order valence-corrected chi connectivity index (χ3v) is 8.66. The number of likely N-dealkylation sites (tertiary alicyclic amines) is 1. The Morgan fingerprint density at radius 2 is 1.78 bits per heavy atom. The van der Waals surface area contributed by atoms with Crippen LogP contribution >= 0.6 is 11.6 Å². The number of carbonyl (C=O) groups is 3. The molecule has 3 amide bonds. The summed E-state index contributed by atoms with van der Waals surface area (Å²) >= 11 is 6.48. The molecule has 6 atom stereocenters. The van der Waals surface area contributed by atoms with Gasteiger partial charge >= 0.3 is 0 Å². The van der Waals surface area contributed by atoms with Crippen molar-refractivity contribution in [2.24, 2.45) is 11.8 Å². The topological polar surface area (TPSA) is 90.4 Å². The summed E-state index contributed by atoms with van der Waals surface area (Å²) in [7, 11) is 0. The molecule has 2 fully saturated rings. The van der Waals surface area contributed by atoms with Gasteiger partial charge in [-0.2, -0.15) is 0 Å². The van der Waals surface area contributed by atoms with E-state index in [1.165, 1.54) is 4.90 Å². The van der Waals surface area contributed by atoms with Crippen LogP contribution in [0.2, 0.25) is 5.02 Å². The molecule has 198 valence electrons. The summed E-state index contributed by atoms with van der Waals surface area (Å²) in [6, 6.07) is 5.37. The molecule has 4 aliphatic heterocycles. The SMILES string of the molecule is CCCN1CC=C[C@]2(CC)O[C@]34C=CCN(c5ccccc5Cl)C(=O)C3N([C@H](C)CO)C(=O)[C@@H]4[C@@H]2C1=O. The minimum atomic E-state index is -1.36. The van der Waals surface area contributed by atoms with Crippen LogP contribution in [0.5, 0.6) is 0 Å². The monoisotopic (exact) mass is 527 g/mol. The molecule has 4 aliphatic rings. The van der Waals surface area contributed by atoms with Gasteiger partial charge in [-0.05, 0) is 31.9 Å². The van der Waals surface area contributed by atoms with Gasteiger partial charge in [-0.3, -0.25) is 14.4 Å². The number of aliphatic hydroxyl groups is 1. The molecule has 37 heavy (non-hydrogen) atoms. The molecule has 4 heterocycles. The summed E-state index contributed by atoms with van der Waals surface area (Å²) in [4.78, 5) is 47.4. The lowest BCUT2D eigenvalue weighted by Gasteiger charge is -2.40. The van der Waals surface area contributed by atoms with Crippen LogP contribution in [0, 0.1) is 11.8 Å². The Kier molecular flexibility index (Phi) is 6.71. The summed E-state index contributed by atoms with van der Waals surface area (Å²) in [6.45, 7) is 6.61. The number of carbonyl (C=O) groups excluding carboxylic acids is 3. The summed E-state index contributed by atoms with van der Waals surface area (Å²) < 4.78 is 6.91. The minimum Gasteiger partial charge on any atom is -0.394 e. The van der Waals surface area contributed by atoms with Crippen LogP contribution in [0.15, 0.2) is 48.6 Å². The van der Waals surface area contributed by atoms with Crippen LogP contribution in [0.4, 0.5) is 5.69 Å². The molecule has 0 bridgehead atoms. The second-order valence-corrected chi connectivity index (χ2v) is 10.8. The smallest absolute Gasteiger partial charge is 0.253 e. The molecule has 0 saturated carbocycles. The van der Waals surface area contributed by atoms with Crippen molar-refractivity contribution in [2.45, 2.75) is 56.9 Å². The number of halogens is 1. The quantitative estimate of drug-likeness (QED) is 0.575. The van der Waals surface area contributed by atoms with Gasteiger partial charge in [0, 0.05) is 19.6 Å². The Morgan fingerprint density at radius 3 is 2.46 bits per heavy atom. The largest absolute Gasteiger partial charge is 0.394 e. The highest BCUT2D eigenvalue weighted by atomic mass is 35.5. The third-order valence-electron chi connectivity index (χ3n) is 8.34. The van der Waals surface area contributed by atoms with Crippen molar-refractivity contribution >= 4 is 35.0 Å². The average molecular weight is 528 g/mol. The van der Waals surface area contributed by atoms with E-state index < -0.39 is 35.1 Å². The van der Waals surface area contributed by atoms with Crippen LogP contribution in [-0.4, -0.2) is 82.2 Å². The average Bonchev–Trinajstić information content (AvgIpc) is 3.20. The van der Waals surface area contributed by atoms with Crippen molar-refractivity contribution in [1.82, 2.24) is 9.80 Å². The van der Waals surface area contributed by atoms with Gasteiger partial charge < -0.3 is 24.5 Å². The Bertz CT molecular complexity index is 1170. The number of aliphatic hydroxyl groups excluding tert-OH is 1. The number of fused-ring (bicyclic) bond motifs is 2. The van der Waals surface area contributed by atoms with Crippen molar-refractivity contribution in [3.8, 4) is 0 Å². The fraction of sp³-hybridized carbons (Fsp3) is 0.536. The van der Waals surface area contributed by atoms with Gasteiger partial charge in [0.15, 0.2) is 0 Å². The Labute approximate surface area is 222 Å². The number of para-hydroxylation sites is 1. The van der Waals surface area contributed by atoms with Gasteiger partial charge in [0.1, 0.15) is 11.6 Å². The van der Waals surface area contributed by atoms with E-state index in [-0.39, 0.29) is 30.9 Å². The van der Waals surface area contributed by atoms with Gasteiger partial charge in [-0.25, -0.2) is 0 Å². The zero-order chi connectivity index (χ0) is 26.5. The van der Waals surface area contributed by atoms with Crippen LogP contribution in [0.25, 0.3) is 0 Å². The van der Waals surface area contributed by atoms with Gasteiger partial charge in [-0.15, -0.1) is 0 Å². The lowest BCUT2D eigenvalue weighted by atomic mass is 9.73. The highest BCUT2D eigenvalue weighted by Gasteiger charge is 2.75. The van der Waals surface area contributed by atoms with Crippen molar-refractivity contribution in [1.29, 1.82) is 0 Å². The number of hydrogen-bond acceptors (Lipinski definition) is 5. The van der Waals surface area contributed by atoms with Crippen molar-refractivity contribution < 1.29 is 24.2 Å². The maximum Gasteiger partial charge on any atom is 0.253 e. The third kappa shape index (κ3) is 3.67. The molecule has 1 aromatic carbocycles. The number of rotatable bonds is 6. The molecule has 2 saturated heterocycles. The van der Waals surface area contributed by atoms with Crippen LogP contribution in [0.1, 0.15) is 33.6 Å². The van der Waals surface area contributed by atoms with Gasteiger partial charge in [0.2, 0.25) is 11.8 Å². The van der Waals surface area contributed by atoms with E-state index in [4.69, 9.17) is 16.3 Å². The number of hydrogen-bond donors (Lipinski definition) is 1. The second kappa shape index (κ2) is 9.57. The molecule has 1 unspecified atom stereocenters. The van der Waals surface area contributed by atoms with Gasteiger partial charge in [0.05, 0.1) is 40.8 Å². The van der Waals surface area contributed by atoms with Crippen LogP contribution in [-0.2, 0) is 19.1 Å². The number of amides is 3. The van der Waals surface area contributed by atoms with Crippen molar-refractivity contribution in [3.63, 3.8) is 0 Å². The van der Waals surface area contributed by atoms with E-state index >= 15 is 0 Å². The molecule has 0 aromatic heterocycles. The van der Waals surface area contributed by atoms with E-state index in [9.17, 15) is 19.5 Å². The van der Waals surface area contributed by atoms with Crippen LogP contribution < -0.4 is 4.90 Å². The lowest BCUT2D eigenvalue weighted by molar-refractivity contribution is -0.152. The fourth-order valence-corrected chi connectivity index (χ4v) is 6.91. The maximum absolute atomic E-state index is 14.4. The Morgan fingerprint density at radius 1 is 1.05 bits per heavy atom. The zero-order valence-electron chi connectivity index (χ0n) is 21.5. The van der Waals surface area contributed by atoms with E-state index in [2.05, 4.69) is 0 Å². The molecular formula is C28H34ClN3O5. The second-order valence-electron chi connectivity index (χ2n) is 10.4. The van der Waals surface area contributed by atoms with E-state index in [0.29, 0.717) is 30.2 Å². The van der Waals surface area contributed by atoms with Crippen molar-refractivity contribution in [2.75, 3.05) is 31.1 Å². The first-order chi connectivity index (χ1) is 17.8. The van der Waals surface area contributed by atoms with Gasteiger partial charge in [0.25, 0.3) is 5.91 Å². The molecular weight excluding hydrogens is 494 g/mol. The predicted octanol–water partition coefficient (Wildman–Crippen LogP) is 2.79. The lowest BCUT2D eigenvalue weighted by Crippen LogP contribution is -2.58. The van der Waals surface area contributed by atoms with E-state index in [1.54, 1.807) is 41.0 Å². The molecule has 5 rings (SSSR count). The molecule has 0 aliphatic carbocycles. The normalized spacial score (nSPS) is 33.8. The first-order valence-electron chi connectivity index (χ1n) is 13.1. The Balaban J connectivity index is 1.69. The van der Waals surface area contributed by atoms with Crippen LogP contribution in [0.3, 0.4) is 0 Å². The molecule has 1 spiro atoms. The standard InChI is InChI=1S/C28H34ClN3O5/c1-4-14-30-15-8-12-27(5-2)21(24(30)34)22-25(35)32(18(3)17-33)23-26(36)31(16-9-13-28(22,23)37-27)20-11-7-6-10-19(20)29/h6-13,18,21-23,33H,4-5,14-17H2,1-3H3/t18-,21-,22+,23?,27+,28+/m1/s1. The highest BCUT2D eigenvalue weighted by Crippen LogP contribution is 2.59. The van der Waals surface area contributed by atoms with E-state index in [1.807, 2.05) is 38.2 Å². The molecule has 8 nitrogen and oxygen atoms in total. The number of nitrogens with zero attached hydrogens (tertiary/aromatic N) is 3. The molecule has 1 N–H and O–H groups in total. The van der Waals surface area contributed by atoms with Gasteiger partial charge in [-0.1, -0.05) is 61.9 Å². The Hall–Kier alpha value is -2.68. The maximum atomic E-state index is 14.4. The van der Waals surface area contributed by atoms with Crippen molar-refractivity contribution in [3.05, 3.63) is 53.6 Å². The first-order valence-corrected chi connectivity index (χ1v) is 13.5. The summed E-state index contributed by atoms with van der Waals surface area (Å²) in [5.41, 5.74) is -1.84. The molecule has 9 heteroatoms. The summed E-state index contributed by atoms with van der Waals surface area (Å²) in [5.74, 6) is -2.50. The highest BCUT2D eigenvalue weighted by molar-refractivity contribution is 6.34. The summed E-state index contributed by atoms with van der Waals surface area (Å²) in [5, 5.41) is 10.5. The molecule has 1 aromatic rings. The fourth-order valence-electron chi connectivity index (χ4n) is 6.67. The summed E-state index contributed by atoms with van der Waals surface area (Å²) in [6.07, 6.45) is 8.79. The first kappa shape index (κ1) is 25.9. The predicted molar refractivity (Wildman–Crippen MR) is 140 cm³/mol.